The summed E-state index contributed by atoms with van der Waals surface area (Å²) in [7, 11) is 0. The Bertz CT molecular complexity index is 377. The molecule has 0 bridgehead atoms. The molecule has 0 heterocycles. The van der Waals surface area contributed by atoms with Gasteiger partial charge in [0.15, 0.2) is 6.61 Å². The van der Waals surface area contributed by atoms with Crippen LogP contribution in [0, 0.1) is 5.92 Å². The van der Waals surface area contributed by atoms with Gasteiger partial charge >= 0.3 is 0 Å². The van der Waals surface area contributed by atoms with Crippen LogP contribution >= 0.6 is 0 Å². The molecule has 1 aromatic rings. The van der Waals surface area contributed by atoms with Gasteiger partial charge in [0.1, 0.15) is 5.75 Å². The van der Waals surface area contributed by atoms with Crippen molar-refractivity contribution < 1.29 is 14.4 Å². The van der Waals surface area contributed by atoms with Gasteiger partial charge in [0.2, 0.25) is 0 Å². The number of ether oxygens (including phenoxy) is 1. The maximum Gasteiger partial charge on any atom is 0.281 e. The van der Waals surface area contributed by atoms with Crippen molar-refractivity contribution >= 4 is 5.91 Å². The standard InChI is InChI=1S/C14H21NO3/c1-4-12-6-5-7-13(8-12)17-10-14(16)15-18-9-11(2)3/h5-8,11H,4,9-10H2,1-3H3,(H,15,16). The van der Waals surface area contributed by atoms with E-state index in [0.717, 1.165) is 6.42 Å². The van der Waals surface area contributed by atoms with Crippen LogP contribution in [0.5, 0.6) is 5.75 Å². The highest BCUT2D eigenvalue weighted by atomic mass is 16.7. The van der Waals surface area contributed by atoms with Crippen molar-refractivity contribution in [3.8, 4) is 5.75 Å². The summed E-state index contributed by atoms with van der Waals surface area (Å²) in [5.41, 5.74) is 3.53. The van der Waals surface area contributed by atoms with E-state index in [1.807, 2.05) is 38.1 Å². The van der Waals surface area contributed by atoms with E-state index in [1.165, 1.54) is 5.56 Å². The molecule has 0 aromatic heterocycles. The molecular formula is C14H21NO3. The van der Waals surface area contributed by atoms with E-state index in [1.54, 1.807) is 0 Å². The van der Waals surface area contributed by atoms with E-state index in [2.05, 4.69) is 12.4 Å². The Balaban J connectivity index is 2.29. The second kappa shape index (κ2) is 7.71. The van der Waals surface area contributed by atoms with Gasteiger partial charge in [0.25, 0.3) is 5.91 Å². The molecule has 1 N–H and O–H groups in total. The van der Waals surface area contributed by atoms with E-state index in [-0.39, 0.29) is 12.5 Å². The lowest BCUT2D eigenvalue weighted by Gasteiger charge is -2.09. The van der Waals surface area contributed by atoms with Crippen LogP contribution in [-0.4, -0.2) is 19.1 Å². The SMILES string of the molecule is CCc1cccc(OCC(=O)NOCC(C)C)c1. The molecule has 0 unspecified atom stereocenters. The molecule has 0 atom stereocenters. The molecular weight excluding hydrogens is 230 g/mol. The molecule has 0 saturated carbocycles. The third-order valence-corrected chi connectivity index (χ3v) is 2.28. The van der Waals surface area contributed by atoms with Gasteiger partial charge in [-0.1, -0.05) is 32.9 Å². The van der Waals surface area contributed by atoms with Crippen molar-refractivity contribution in [2.45, 2.75) is 27.2 Å². The van der Waals surface area contributed by atoms with Crippen LogP contribution in [0.15, 0.2) is 24.3 Å². The third kappa shape index (κ3) is 5.68. The first-order chi connectivity index (χ1) is 8.61. The average Bonchev–Trinajstić information content (AvgIpc) is 2.36. The van der Waals surface area contributed by atoms with Crippen molar-refractivity contribution in [2.75, 3.05) is 13.2 Å². The fraction of sp³-hybridized carbons (Fsp3) is 0.500. The van der Waals surface area contributed by atoms with E-state index in [0.29, 0.717) is 18.3 Å². The molecule has 0 spiro atoms. The van der Waals surface area contributed by atoms with Crippen LogP contribution < -0.4 is 10.2 Å². The predicted molar refractivity (Wildman–Crippen MR) is 70.2 cm³/mol. The van der Waals surface area contributed by atoms with Gasteiger partial charge in [0, 0.05) is 0 Å². The van der Waals surface area contributed by atoms with Gasteiger partial charge < -0.3 is 4.74 Å². The maximum absolute atomic E-state index is 11.4. The molecule has 18 heavy (non-hydrogen) atoms. The van der Waals surface area contributed by atoms with Gasteiger partial charge in [-0.2, -0.15) is 0 Å². The summed E-state index contributed by atoms with van der Waals surface area (Å²) in [6, 6.07) is 7.71. The summed E-state index contributed by atoms with van der Waals surface area (Å²) in [4.78, 5) is 16.4. The zero-order valence-corrected chi connectivity index (χ0v) is 11.2. The van der Waals surface area contributed by atoms with Crippen molar-refractivity contribution in [1.29, 1.82) is 0 Å². The second-order valence-corrected chi connectivity index (χ2v) is 4.52. The first-order valence-electron chi connectivity index (χ1n) is 6.24. The minimum absolute atomic E-state index is 0.0364. The summed E-state index contributed by atoms with van der Waals surface area (Å²) in [6.07, 6.45) is 0.945. The van der Waals surface area contributed by atoms with Crippen LogP contribution in [-0.2, 0) is 16.1 Å². The number of rotatable bonds is 7. The number of benzene rings is 1. The fourth-order valence-corrected chi connectivity index (χ4v) is 1.32. The summed E-state index contributed by atoms with van der Waals surface area (Å²) in [6.45, 7) is 6.56. The van der Waals surface area contributed by atoms with E-state index in [4.69, 9.17) is 9.57 Å². The van der Waals surface area contributed by atoms with Crippen LogP contribution in [0.2, 0.25) is 0 Å². The third-order valence-electron chi connectivity index (χ3n) is 2.28. The van der Waals surface area contributed by atoms with Crippen LogP contribution in [0.25, 0.3) is 0 Å². The lowest BCUT2D eigenvalue weighted by Crippen LogP contribution is -2.30. The lowest BCUT2D eigenvalue weighted by molar-refractivity contribution is -0.136. The minimum Gasteiger partial charge on any atom is -0.484 e. The van der Waals surface area contributed by atoms with Gasteiger partial charge in [0.05, 0.1) is 6.61 Å². The highest BCUT2D eigenvalue weighted by Gasteiger charge is 2.03. The van der Waals surface area contributed by atoms with E-state index >= 15 is 0 Å². The summed E-state index contributed by atoms with van der Waals surface area (Å²) in [5, 5.41) is 0. The number of aryl methyl sites for hydroxylation is 1. The molecule has 1 aromatic carbocycles. The van der Waals surface area contributed by atoms with Crippen LogP contribution in [0.3, 0.4) is 0 Å². The predicted octanol–water partition coefficient (Wildman–Crippen LogP) is 2.33. The van der Waals surface area contributed by atoms with Gasteiger partial charge in [-0.15, -0.1) is 0 Å². The minimum atomic E-state index is -0.280. The van der Waals surface area contributed by atoms with Gasteiger partial charge in [-0.25, -0.2) is 5.48 Å². The Morgan fingerprint density at radius 3 is 2.83 bits per heavy atom. The van der Waals surface area contributed by atoms with E-state index in [9.17, 15) is 4.79 Å². The van der Waals surface area contributed by atoms with Crippen molar-refractivity contribution in [1.82, 2.24) is 5.48 Å². The number of hydrogen-bond donors (Lipinski definition) is 1. The lowest BCUT2D eigenvalue weighted by atomic mass is 10.2. The Morgan fingerprint density at radius 1 is 1.39 bits per heavy atom. The second-order valence-electron chi connectivity index (χ2n) is 4.52. The molecule has 0 radical (unpaired) electrons. The molecule has 100 valence electrons. The molecule has 4 nitrogen and oxygen atoms in total. The highest BCUT2D eigenvalue weighted by molar-refractivity contribution is 5.76. The van der Waals surface area contributed by atoms with Crippen LogP contribution in [0.1, 0.15) is 26.3 Å². The number of carbonyl (C=O) groups is 1. The average molecular weight is 251 g/mol. The largest absolute Gasteiger partial charge is 0.484 e. The summed E-state index contributed by atoms with van der Waals surface area (Å²) < 4.78 is 5.38. The van der Waals surface area contributed by atoms with Crippen molar-refractivity contribution in [3.63, 3.8) is 0 Å². The van der Waals surface area contributed by atoms with Gasteiger partial charge in [-0.3, -0.25) is 9.63 Å². The van der Waals surface area contributed by atoms with Crippen LogP contribution in [0.4, 0.5) is 0 Å². The molecule has 0 aliphatic heterocycles. The molecule has 0 aliphatic rings. The van der Waals surface area contributed by atoms with Gasteiger partial charge in [-0.05, 0) is 30.0 Å². The number of hydroxylamine groups is 1. The Hall–Kier alpha value is -1.55. The molecule has 0 saturated heterocycles. The molecule has 1 rings (SSSR count). The highest BCUT2D eigenvalue weighted by Crippen LogP contribution is 2.13. The Morgan fingerprint density at radius 2 is 2.17 bits per heavy atom. The topological polar surface area (TPSA) is 47.6 Å². The summed E-state index contributed by atoms with van der Waals surface area (Å²) >= 11 is 0. The zero-order chi connectivity index (χ0) is 13.4. The summed E-state index contributed by atoms with van der Waals surface area (Å²) in [5.74, 6) is 0.804. The quantitative estimate of drug-likeness (QED) is 0.757. The smallest absolute Gasteiger partial charge is 0.281 e. The zero-order valence-electron chi connectivity index (χ0n) is 11.2. The molecule has 0 fully saturated rings. The number of carbonyl (C=O) groups excluding carboxylic acids is 1. The van der Waals surface area contributed by atoms with E-state index < -0.39 is 0 Å². The maximum atomic E-state index is 11.4. The monoisotopic (exact) mass is 251 g/mol. The molecule has 4 heteroatoms. The number of amides is 1. The first kappa shape index (κ1) is 14.5. The number of hydrogen-bond acceptors (Lipinski definition) is 3. The molecule has 1 amide bonds. The molecule has 0 aliphatic carbocycles. The fourth-order valence-electron chi connectivity index (χ4n) is 1.32. The number of nitrogens with one attached hydrogen (secondary N) is 1. The Kier molecular flexibility index (Phi) is 6.22. The van der Waals surface area contributed by atoms with Crippen molar-refractivity contribution in [3.05, 3.63) is 29.8 Å². The Labute approximate surface area is 108 Å². The first-order valence-corrected chi connectivity index (χ1v) is 6.24. The normalized spacial score (nSPS) is 10.4. The van der Waals surface area contributed by atoms with Crippen molar-refractivity contribution in [2.24, 2.45) is 5.92 Å².